The van der Waals surface area contributed by atoms with Crippen molar-refractivity contribution in [1.82, 2.24) is 0 Å². The van der Waals surface area contributed by atoms with E-state index in [0.29, 0.717) is 5.56 Å². The Hall–Kier alpha value is -2.98. The fourth-order valence-corrected chi connectivity index (χ4v) is 3.96. The SMILES string of the molecule is COc1ccc(C(=O)C=CN2c3ccccc3Sc3ccccc32)cc1. The maximum absolute atomic E-state index is 12.6. The van der Waals surface area contributed by atoms with Crippen LogP contribution in [0.5, 0.6) is 5.75 Å². The fraction of sp³-hybridized carbons (Fsp3) is 0.0455. The fourth-order valence-electron chi connectivity index (χ4n) is 2.89. The van der Waals surface area contributed by atoms with Gasteiger partial charge in [-0.1, -0.05) is 36.0 Å². The lowest BCUT2D eigenvalue weighted by Crippen LogP contribution is -2.14. The lowest BCUT2D eigenvalue weighted by atomic mass is 10.1. The third kappa shape index (κ3) is 3.11. The van der Waals surface area contributed by atoms with Crippen LogP contribution in [-0.2, 0) is 0 Å². The van der Waals surface area contributed by atoms with Gasteiger partial charge in [0.1, 0.15) is 5.75 Å². The van der Waals surface area contributed by atoms with Gasteiger partial charge in [0, 0.05) is 27.6 Å². The molecule has 0 unspecified atom stereocenters. The van der Waals surface area contributed by atoms with Gasteiger partial charge in [-0.15, -0.1) is 0 Å². The van der Waals surface area contributed by atoms with Gasteiger partial charge in [-0.25, -0.2) is 0 Å². The average molecular weight is 359 g/mol. The Morgan fingerprint density at radius 3 is 2.04 bits per heavy atom. The zero-order valence-electron chi connectivity index (χ0n) is 14.3. The molecule has 0 aliphatic carbocycles. The minimum absolute atomic E-state index is 0.0409. The topological polar surface area (TPSA) is 29.5 Å². The highest BCUT2D eigenvalue weighted by atomic mass is 32.2. The zero-order chi connectivity index (χ0) is 17.9. The number of anilines is 2. The van der Waals surface area contributed by atoms with Gasteiger partial charge < -0.3 is 9.64 Å². The molecule has 4 rings (SSSR count). The van der Waals surface area contributed by atoms with E-state index in [-0.39, 0.29) is 5.78 Å². The number of ketones is 1. The van der Waals surface area contributed by atoms with E-state index in [9.17, 15) is 4.79 Å². The number of rotatable bonds is 4. The molecule has 0 saturated heterocycles. The third-order valence-electron chi connectivity index (χ3n) is 4.22. The summed E-state index contributed by atoms with van der Waals surface area (Å²) in [6, 6.07) is 23.6. The van der Waals surface area contributed by atoms with Crippen LogP contribution in [0.4, 0.5) is 11.4 Å². The number of carbonyl (C=O) groups is 1. The molecule has 0 fully saturated rings. The molecule has 3 aromatic rings. The Balaban J connectivity index is 1.67. The third-order valence-corrected chi connectivity index (χ3v) is 5.35. The van der Waals surface area contributed by atoms with E-state index >= 15 is 0 Å². The normalized spacial score (nSPS) is 12.6. The van der Waals surface area contributed by atoms with E-state index < -0.39 is 0 Å². The second-order valence-corrected chi connectivity index (χ2v) is 6.90. The number of fused-ring (bicyclic) bond motifs is 2. The van der Waals surface area contributed by atoms with Crippen LogP contribution in [0.2, 0.25) is 0 Å². The number of allylic oxidation sites excluding steroid dienone is 1. The number of methoxy groups -OCH3 is 1. The summed E-state index contributed by atoms with van der Waals surface area (Å²) in [5.74, 6) is 0.697. The molecule has 1 aliphatic heterocycles. The molecule has 3 nitrogen and oxygen atoms in total. The first-order valence-corrected chi connectivity index (χ1v) is 9.09. The summed E-state index contributed by atoms with van der Waals surface area (Å²) in [5, 5.41) is 0. The van der Waals surface area contributed by atoms with Gasteiger partial charge in [0.2, 0.25) is 0 Å². The van der Waals surface area contributed by atoms with Crippen LogP contribution in [0.3, 0.4) is 0 Å². The van der Waals surface area contributed by atoms with Crippen molar-refractivity contribution in [3.63, 3.8) is 0 Å². The summed E-state index contributed by atoms with van der Waals surface area (Å²) in [6.45, 7) is 0. The first-order valence-electron chi connectivity index (χ1n) is 8.28. The van der Waals surface area contributed by atoms with E-state index in [0.717, 1.165) is 17.1 Å². The lowest BCUT2D eigenvalue weighted by Gasteiger charge is -2.29. The summed E-state index contributed by atoms with van der Waals surface area (Å²) in [6.07, 6.45) is 3.47. The van der Waals surface area contributed by atoms with Crippen molar-refractivity contribution in [3.8, 4) is 5.75 Å². The van der Waals surface area contributed by atoms with Gasteiger partial charge in [0.25, 0.3) is 0 Å². The summed E-state index contributed by atoms with van der Waals surface area (Å²) >= 11 is 1.75. The van der Waals surface area contributed by atoms with E-state index in [4.69, 9.17) is 4.74 Å². The van der Waals surface area contributed by atoms with Gasteiger partial charge in [-0.2, -0.15) is 0 Å². The highest BCUT2D eigenvalue weighted by molar-refractivity contribution is 7.99. The second kappa shape index (κ2) is 7.10. The average Bonchev–Trinajstić information content (AvgIpc) is 2.71. The first kappa shape index (κ1) is 16.5. The summed E-state index contributed by atoms with van der Waals surface area (Å²) in [4.78, 5) is 17.0. The molecular weight excluding hydrogens is 342 g/mol. The van der Waals surface area contributed by atoms with Crippen molar-refractivity contribution >= 4 is 28.9 Å². The Morgan fingerprint density at radius 1 is 0.885 bits per heavy atom. The summed E-state index contributed by atoms with van der Waals surface area (Å²) in [7, 11) is 1.61. The predicted octanol–water partition coefficient (Wildman–Crippen LogP) is 5.69. The molecular formula is C22H17NO2S. The van der Waals surface area contributed by atoms with Crippen LogP contribution in [0.15, 0.2) is 94.9 Å². The standard InChI is InChI=1S/C22H17NO2S/c1-25-17-12-10-16(11-13-17)20(24)14-15-23-18-6-2-4-8-21(18)26-22-9-5-3-7-19(22)23/h2-15H,1H3. The zero-order valence-corrected chi connectivity index (χ0v) is 15.1. The Labute approximate surface area is 156 Å². The Morgan fingerprint density at radius 2 is 1.46 bits per heavy atom. The number of hydrogen-bond acceptors (Lipinski definition) is 4. The summed E-state index contributed by atoms with van der Waals surface area (Å²) < 4.78 is 5.14. The van der Waals surface area contributed by atoms with Crippen molar-refractivity contribution in [3.05, 3.63) is 90.6 Å². The van der Waals surface area contributed by atoms with Crippen molar-refractivity contribution in [2.24, 2.45) is 0 Å². The van der Waals surface area contributed by atoms with Crippen LogP contribution in [0.1, 0.15) is 10.4 Å². The minimum atomic E-state index is -0.0409. The van der Waals surface area contributed by atoms with E-state index in [1.54, 1.807) is 49.2 Å². The second-order valence-electron chi connectivity index (χ2n) is 5.82. The van der Waals surface area contributed by atoms with Crippen LogP contribution in [-0.4, -0.2) is 12.9 Å². The van der Waals surface area contributed by atoms with Gasteiger partial charge in [-0.3, -0.25) is 4.79 Å². The number of carbonyl (C=O) groups excluding carboxylic acids is 1. The molecule has 128 valence electrons. The smallest absolute Gasteiger partial charge is 0.187 e. The highest BCUT2D eigenvalue weighted by Gasteiger charge is 2.21. The number of benzene rings is 3. The first-order chi connectivity index (χ1) is 12.8. The van der Waals surface area contributed by atoms with Crippen molar-refractivity contribution in [2.45, 2.75) is 9.79 Å². The molecule has 1 aliphatic rings. The van der Waals surface area contributed by atoms with Crippen molar-refractivity contribution in [1.29, 1.82) is 0 Å². The lowest BCUT2D eigenvalue weighted by molar-refractivity contribution is 0.104. The molecule has 0 amide bonds. The van der Waals surface area contributed by atoms with Crippen LogP contribution < -0.4 is 9.64 Å². The van der Waals surface area contributed by atoms with Crippen LogP contribution in [0.25, 0.3) is 0 Å². The molecule has 0 bridgehead atoms. The molecule has 4 heteroatoms. The van der Waals surface area contributed by atoms with Crippen molar-refractivity contribution in [2.75, 3.05) is 12.0 Å². The van der Waals surface area contributed by atoms with Gasteiger partial charge >= 0.3 is 0 Å². The van der Waals surface area contributed by atoms with Gasteiger partial charge in [0.15, 0.2) is 5.78 Å². The molecule has 3 aromatic carbocycles. The maximum Gasteiger partial charge on any atom is 0.187 e. The van der Waals surface area contributed by atoms with Crippen LogP contribution >= 0.6 is 11.8 Å². The van der Waals surface area contributed by atoms with Gasteiger partial charge in [0.05, 0.1) is 18.5 Å². The molecule has 0 spiro atoms. The molecule has 0 aromatic heterocycles. The summed E-state index contributed by atoms with van der Waals surface area (Å²) in [5.41, 5.74) is 2.79. The maximum atomic E-state index is 12.6. The Bertz CT molecular complexity index is 934. The largest absolute Gasteiger partial charge is 0.497 e. The molecule has 0 saturated carbocycles. The number of nitrogens with zero attached hydrogens (tertiary/aromatic N) is 1. The molecule has 0 radical (unpaired) electrons. The monoisotopic (exact) mass is 359 g/mol. The predicted molar refractivity (Wildman–Crippen MR) is 106 cm³/mol. The van der Waals surface area contributed by atoms with Gasteiger partial charge in [-0.05, 0) is 48.5 Å². The molecule has 1 heterocycles. The number of ether oxygens (including phenoxy) is 1. The van der Waals surface area contributed by atoms with Crippen LogP contribution in [0, 0.1) is 0 Å². The molecule has 0 atom stereocenters. The minimum Gasteiger partial charge on any atom is -0.497 e. The quantitative estimate of drug-likeness (QED) is 0.442. The number of hydrogen-bond donors (Lipinski definition) is 0. The van der Waals surface area contributed by atoms with E-state index in [2.05, 4.69) is 29.2 Å². The van der Waals surface area contributed by atoms with E-state index in [1.807, 2.05) is 30.5 Å². The van der Waals surface area contributed by atoms with E-state index in [1.165, 1.54) is 9.79 Å². The molecule has 26 heavy (non-hydrogen) atoms. The Kier molecular flexibility index (Phi) is 4.50. The highest BCUT2D eigenvalue weighted by Crippen LogP contribution is 2.47. The number of para-hydroxylation sites is 2. The van der Waals surface area contributed by atoms with Crippen molar-refractivity contribution < 1.29 is 9.53 Å². The molecule has 0 N–H and O–H groups in total.